The Morgan fingerprint density at radius 2 is 1.65 bits per heavy atom. The number of nitrogens with one attached hydrogen (secondary N) is 3. The lowest BCUT2D eigenvalue weighted by atomic mass is 9.95. The van der Waals surface area contributed by atoms with Gasteiger partial charge in [0.15, 0.2) is 0 Å². The van der Waals surface area contributed by atoms with E-state index in [1.165, 1.54) is 16.2 Å². The minimum Gasteiger partial charge on any atom is -0.405 e. The third-order valence-corrected chi connectivity index (χ3v) is 10.9. The number of pyridine rings is 1. The van der Waals surface area contributed by atoms with Gasteiger partial charge in [-0.1, -0.05) is 24.3 Å². The summed E-state index contributed by atoms with van der Waals surface area (Å²) in [4.78, 5) is 40.5. The van der Waals surface area contributed by atoms with Crippen molar-refractivity contribution in [2.24, 2.45) is 7.05 Å². The standard InChI is InChI=1S/C41H45F3N6O4/c1-25-26(2)40(53)48(3)24-34(25)27-7-8-29(37(21-27)54-41(42,43)44)23-49-18-17-33-28(22-49)5-4-6-35(33)45-31-15-19-50(20-16-31)32-11-9-30(10-12-32)46-36-13-14-38(51)47-39(36)52/h4-12,21,24,31,36,45-46H,13-20,22-23H2,1-3H3,(H,47,51,52). The zero-order valence-electron chi connectivity index (χ0n) is 30.7. The zero-order chi connectivity index (χ0) is 38.1. The van der Waals surface area contributed by atoms with Crippen LogP contribution in [0.1, 0.15) is 53.5 Å². The summed E-state index contributed by atoms with van der Waals surface area (Å²) in [6, 6.07) is 19.1. The highest BCUT2D eigenvalue weighted by molar-refractivity contribution is 6.01. The molecule has 54 heavy (non-hydrogen) atoms. The molecule has 0 bridgehead atoms. The van der Waals surface area contributed by atoms with E-state index < -0.39 is 12.4 Å². The Morgan fingerprint density at radius 1 is 0.889 bits per heavy atom. The van der Waals surface area contributed by atoms with Gasteiger partial charge >= 0.3 is 6.36 Å². The number of hydrogen-bond donors (Lipinski definition) is 3. The number of aromatic nitrogens is 1. The molecule has 0 spiro atoms. The predicted molar refractivity (Wildman–Crippen MR) is 203 cm³/mol. The summed E-state index contributed by atoms with van der Waals surface area (Å²) < 4.78 is 46.9. The molecule has 10 nitrogen and oxygen atoms in total. The van der Waals surface area contributed by atoms with Crippen LogP contribution in [0.5, 0.6) is 5.75 Å². The molecule has 0 radical (unpaired) electrons. The van der Waals surface area contributed by atoms with Crippen LogP contribution in [0.3, 0.4) is 0 Å². The molecule has 4 aromatic rings. The Bertz CT molecular complexity index is 2110. The second-order valence-electron chi connectivity index (χ2n) is 14.6. The van der Waals surface area contributed by atoms with E-state index in [0.717, 1.165) is 60.5 Å². The molecule has 3 aliphatic rings. The van der Waals surface area contributed by atoms with Crippen molar-refractivity contribution < 1.29 is 27.5 Å². The number of benzene rings is 3. The molecule has 2 saturated heterocycles. The van der Waals surface area contributed by atoms with Crippen molar-refractivity contribution in [2.75, 3.05) is 35.2 Å². The summed E-state index contributed by atoms with van der Waals surface area (Å²) in [5.41, 5.74) is 8.28. The SMILES string of the molecule is Cc1c(-c2ccc(CN3CCc4c(cccc4NC4CCN(c5ccc(NC6CCC(=O)NC6=O)cc5)CC4)C3)c(OC(F)(F)F)c2)cn(C)c(=O)c1C. The number of hydrogen-bond acceptors (Lipinski definition) is 8. The number of alkyl halides is 3. The molecule has 2 amide bonds. The molecule has 0 saturated carbocycles. The van der Waals surface area contributed by atoms with Gasteiger partial charge in [-0.3, -0.25) is 24.6 Å². The predicted octanol–water partition coefficient (Wildman–Crippen LogP) is 6.42. The van der Waals surface area contributed by atoms with E-state index in [9.17, 15) is 27.6 Å². The number of imide groups is 1. The lowest BCUT2D eigenvalue weighted by molar-refractivity contribution is -0.275. The minimum absolute atomic E-state index is 0.143. The Labute approximate surface area is 312 Å². The van der Waals surface area contributed by atoms with Crippen molar-refractivity contribution in [1.29, 1.82) is 0 Å². The number of nitrogens with zero attached hydrogens (tertiary/aromatic N) is 3. The summed E-state index contributed by atoms with van der Waals surface area (Å²) in [6.07, 6.45) is 0.294. The third-order valence-electron chi connectivity index (χ3n) is 10.9. The Kier molecular flexibility index (Phi) is 10.4. The van der Waals surface area contributed by atoms with Crippen LogP contribution in [0.2, 0.25) is 0 Å². The van der Waals surface area contributed by atoms with Crippen LogP contribution in [-0.2, 0) is 36.1 Å². The summed E-state index contributed by atoms with van der Waals surface area (Å²) in [6.45, 7) is 6.88. The number of rotatable bonds is 9. The van der Waals surface area contributed by atoms with Gasteiger partial charge in [0.05, 0.1) is 0 Å². The average molecular weight is 743 g/mol. The van der Waals surface area contributed by atoms with Crippen LogP contribution in [0.25, 0.3) is 11.1 Å². The van der Waals surface area contributed by atoms with E-state index in [-0.39, 0.29) is 23.1 Å². The number of carbonyl (C=O) groups is 2. The smallest absolute Gasteiger partial charge is 0.405 e. The average Bonchev–Trinajstić information content (AvgIpc) is 3.14. The zero-order valence-corrected chi connectivity index (χ0v) is 30.7. The largest absolute Gasteiger partial charge is 0.573 e. The molecular formula is C41H45F3N6O4. The quantitative estimate of drug-likeness (QED) is 0.169. The van der Waals surface area contributed by atoms with Gasteiger partial charge in [-0.05, 0) is 98.2 Å². The first-order chi connectivity index (χ1) is 25.8. The highest BCUT2D eigenvalue weighted by Gasteiger charge is 2.33. The van der Waals surface area contributed by atoms with Gasteiger partial charge in [-0.25, -0.2) is 0 Å². The molecule has 0 aliphatic carbocycles. The van der Waals surface area contributed by atoms with Crippen LogP contribution in [0.15, 0.2) is 71.7 Å². The van der Waals surface area contributed by atoms with Gasteiger partial charge in [0.25, 0.3) is 5.56 Å². The first-order valence-electron chi connectivity index (χ1n) is 18.4. The van der Waals surface area contributed by atoms with Gasteiger partial charge in [-0.15, -0.1) is 13.2 Å². The van der Waals surface area contributed by atoms with E-state index >= 15 is 0 Å². The Morgan fingerprint density at radius 3 is 2.37 bits per heavy atom. The second kappa shape index (κ2) is 15.2. The lowest BCUT2D eigenvalue weighted by Crippen LogP contribution is -2.47. The van der Waals surface area contributed by atoms with E-state index in [0.29, 0.717) is 60.8 Å². The van der Waals surface area contributed by atoms with Crippen LogP contribution >= 0.6 is 0 Å². The maximum absolute atomic E-state index is 13.6. The van der Waals surface area contributed by atoms with E-state index in [2.05, 4.69) is 54.8 Å². The van der Waals surface area contributed by atoms with Crippen molar-refractivity contribution in [3.8, 4) is 16.9 Å². The van der Waals surface area contributed by atoms with Crippen molar-refractivity contribution in [2.45, 2.75) is 77.5 Å². The third kappa shape index (κ3) is 8.25. The number of carbonyl (C=O) groups excluding carboxylic acids is 2. The van der Waals surface area contributed by atoms with Crippen LogP contribution in [-0.4, -0.2) is 59.4 Å². The molecule has 4 heterocycles. The van der Waals surface area contributed by atoms with Crippen molar-refractivity contribution in [3.05, 3.63) is 105 Å². The molecule has 2 fully saturated rings. The maximum atomic E-state index is 13.6. The molecule has 284 valence electrons. The molecular weight excluding hydrogens is 697 g/mol. The maximum Gasteiger partial charge on any atom is 0.573 e. The number of fused-ring (bicyclic) bond motifs is 1. The number of halogens is 3. The van der Waals surface area contributed by atoms with Crippen molar-refractivity contribution in [3.63, 3.8) is 0 Å². The van der Waals surface area contributed by atoms with Gasteiger partial charge < -0.3 is 24.8 Å². The fourth-order valence-corrected chi connectivity index (χ4v) is 7.82. The Hall–Kier alpha value is -5.30. The molecule has 13 heteroatoms. The molecule has 7 rings (SSSR count). The molecule has 3 N–H and O–H groups in total. The normalized spacial score (nSPS) is 18.3. The minimum atomic E-state index is -4.85. The highest BCUT2D eigenvalue weighted by Crippen LogP contribution is 2.35. The number of ether oxygens (including phenoxy) is 1. The number of piperidine rings is 2. The first kappa shape index (κ1) is 37.0. The number of anilines is 3. The van der Waals surface area contributed by atoms with Crippen LogP contribution < -0.4 is 31.1 Å². The van der Waals surface area contributed by atoms with Crippen LogP contribution in [0, 0.1) is 13.8 Å². The fraction of sp³-hybridized carbons (Fsp3) is 0.390. The lowest BCUT2D eigenvalue weighted by Gasteiger charge is -2.36. The van der Waals surface area contributed by atoms with Gasteiger partial charge in [0.2, 0.25) is 11.8 Å². The highest BCUT2D eigenvalue weighted by atomic mass is 19.4. The second-order valence-corrected chi connectivity index (χ2v) is 14.6. The molecule has 3 aliphatic heterocycles. The molecule has 3 aromatic carbocycles. The van der Waals surface area contributed by atoms with Crippen molar-refractivity contribution in [1.82, 2.24) is 14.8 Å². The molecule has 1 aromatic heterocycles. The fourth-order valence-electron chi connectivity index (χ4n) is 7.82. The number of aryl methyl sites for hydroxylation is 1. The molecule has 1 unspecified atom stereocenters. The summed E-state index contributed by atoms with van der Waals surface area (Å²) in [5.74, 6) is -0.758. The van der Waals surface area contributed by atoms with E-state index in [4.69, 9.17) is 0 Å². The van der Waals surface area contributed by atoms with Crippen LogP contribution in [0.4, 0.5) is 30.2 Å². The molecule has 1 atom stereocenters. The first-order valence-corrected chi connectivity index (χ1v) is 18.4. The van der Waals surface area contributed by atoms with Gasteiger partial charge in [-0.2, -0.15) is 0 Å². The summed E-state index contributed by atoms with van der Waals surface area (Å²) in [5, 5.41) is 9.41. The summed E-state index contributed by atoms with van der Waals surface area (Å²) in [7, 11) is 1.63. The monoisotopic (exact) mass is 742 g/mol. The van der Waals surface area contributed by atoms with E-state index in [1.54, 1.807) is 39.2 Å². The topological polar surface area (TPSA) is 108 Å². The van der Waals surface area contributed by atoms with Crippen molar-refractivity contribution >= 4 is 28.9 Å². The van der Waals surface area contributed by atoms with Gasteiger partial charge in [0.1, 0.15) is 11.8 Å². The Balaban J connectivity index is 0.972. The van der Waals surface area contributed by atoms with Gasteiger partial charge in [0, 0.05) is 92.2 Å². The summed E-state index contributed by atoms with van der Waals surface area (Å²) >= 11 is 0. The number of amides is 2. The van der Waals surface area contributed by atoms with E-state index in [1.807, 2.05) is 18.2 Å².